The molecule has 0 bridgehead atoms. The number of nitrogens with one attached hydrogen (secondary N) is 2. The number of sulfonamides is 1. The zero-order valence-corrected chi connectivity index (χ0v) is 18.3. The minimum atomic E-state index is -3.03. The Labute approximate surface area is 168 Å². The van der Waals surface area contributed by atoms with E-state index < -0.39 is 10.0 Å². The molecule has 1 aliphatic rings. The molecule has 1 aliphatic heterocycles. The third-order valence-electron chi connectivity index (χ3n) is 4.33. The third-order valence-corrected chi connectivity index (χ3v) is 6.29. The number of benzene rings is 1. The van der Waals surface area contributed by atoms with Crippen molar-refractivity contribution in [3.05, 3.63) is 35.9 Å². The molecule has 1 saturated heterocycles. The van der Waals surface area contributed by atoms with Crippen molar-refractivity contribution in [2.45, 2.75) is 25.7 Å². The Morgan fingerprint density at radius 1 is 1.24 bits per heavy atom. The molecule has 0 radical (unpaired) electrons. The van der Waals surface area contributed by atoms with E-state index in [0.717, 1.165) is 13.0 Å². The highest BCUT2D eigenvalue weighted by atomic mass is 127. The predicted molar refractivity (Wildman–Crippen MR) is 114 cm³/mol. The number of aliphatic imine (C=N–C) groups is 1. The van der Waals surface area contributed by atoms with Gasteiger partial charge in [0, 0.05) is 38.6 Å². The summed E-state index contributed by atoms with van der Waals surface area (Å²) >= 11 is 0. The minimum absolute atomic E-state index is 0. The van der Waals surface area contributed by atoms with E-state index in [4.69, 9.17) is 0 Å². The molecule has 142 valence electrons. The topological polar surface area (TPSA) is 73.8 Å². The van der Waals surface area contributed by atoms with Gasteiger partial charge in [-0.2, -0.15) is 0 Å². The molecule has 2 N–H and O–H groups in total. The molecule has 1 aromatic carbocycles. The summed E-state index contributed by atoms with van der Waals surface area (Å²) in [5, 5.41) is 6.52. The summed E-state index contributed by atoms with van der Waals surface area (Å²) in [6.07, 6.45) is 0.723. The second-order valence-corrected chi connectivity index (χ2v) is 8.76. The van der Waals surface area contributed by atoms with E-state index in [0.29, 0.717) is 25.6 Å². The number of nitrogens with zero attached hydrogens (tertiary/aromatic N) is 2. The van der Waals surface area contributed by atoms with Crippen molar-refractivity contribution in [3.63, 3.8) is 0 Å². The van der Waals surface area contributed by atoms with E-state index in [1.807, 2.05) is 18.2 Å². The van der Waals surface area contributed by atoms with Gasteiger partial charge in [-0.3, -0.25) is 4.99 Å². The van der Waals surface area contributed by atoms with E-state index in [1.165, 1.54) is 5.56 Å². The summed E-state index contributed by atoms with van der Waals surface area (Å²) in [5.41, 5.74) is 1.23. The Kier molecular flexibility index (Phi) is 8.62. The normalized spacial score (nSPS) is 17.8. The molecular weight excluding hydrogens is 451 g/mol. The second kappa shape index (κ2) is 9.72. The lowest BCUT2D eigenvalue weighted by molar-refractivity contribution is 0.444. The first-order chi connectivity index (χ1) is 11.3. The molecule has 1 fully saturated rings. The summed E-state index contributed by atoms with van der Waals surface area (Å²) in [7, 11) is -1.31. The third kappa shape index (κ3) is 6.41. The van der Waals surface area contributed by atoms with Gasteiger partial charge in [0.25, 0.3) is 0 Å². The highest BCUT2D eigenvalue weighted by Gasteiger charge is 2.27. The van der Waals surface area contributed by atoms with Crippen LogP contribution in [-0.2, 0) is 15.4 Å². The van der Waals surface area contributed by atoms with Gasteiger partial charge >= 0.3 is 0 Å². The van der Waals surface area contributed by atoms with Gasteiger partial charge in [-0.25, -0.2) is 12.7 Å². The fourth-order valence-corrected chi connectivity index (χ4v) is 4.29. The molecule has 2 rings (SSSR count). The van der Waals surface area contributed by atoms with Gasteiger partial charge in [-0.15, -0.1) is 24.0 Å². The van der Waals surface area contributed by atoms with Gasteiger partial charge < -0.3 is 10.6 Å². The number of guanidine groups is 1. The Morgan fingerprint density at radius 2 is 1.92 bits per heavy atom. The molecule has 0 spiro atoms. The quantitative estimate of drug-likeness (QED) is 0.370. The highest BCUT2D eigenvalue weighted by Crippen LogP contribution is 2.21. The van der Waals surface area contributed by atoms with Crippen LogP contribution in [-0.4, -0.2) is 57.7 Å². The molecule has 0 aliphatic carbocycles. The van der Waals surface area contributed by atoms with E-state index in [1.54, 1.807) is 11.4 Å². The van der Waals surface area contributed by atoms with Crippen molar-refractivity contribution >= 4 is 40.0 Å². The fourth-order valence-electron chi connectivity index (χ4n) is 2.76. The van der Waals surface area contributed by atoms with E-state index in [2.05, 4.69) is 41.6 Å². The van der Waals surface area contributed by atoms with E-state index in [9.17, 15) is 8.42 Å². The summed E-state index contributed by atoms with van der Waals surface area (Å²) < 4.78 is 25.1. The molecule has 8 heteroatoms. The van der Waals surface area contributed by atoms with Gasteiger partial charge in [0.1, 0.15) is 0 Å². The molecule has 0 saturated carbocycles. The van der Waals surface area contributed by atoms with Crippen LogP contribution in [0, 0.1) is 0 Å². The zero-order valence-electron chi connectivity index (χ0n) is 15.2. The standard InChI is InChI=1S/C17H28N4O2S.HI/c1-17(2,15-8-5-4-6-9-15)14-20-16(18-3)19-10-12-21-11-7-13-24(21,22)23;/h4-6,8-9H,7,10-14H2,1-3H3,(H2,18,19,20);1H. The van der Waals surface area contributed by atoms with Crippen LogP contribution in [0.2, 0.25) is 0 Å². The lowest BCUT2D eigenvalue weighted by atomic mass is 9.85. The Balaban J connectivity index is 0.00000312. The van der Waals surface area contributed by atoms with Crippen LogP contribution in [0.3, 0.4) is 0 Å². The van der Waals surface area contributed by atoms with E-state index in [-0.39, 0.29) is 35.1 Å². The van der Waals surface area contributed by atoms with Gasteiger partial charge in [-0.05, 0) is 12.0 Å². The van der Waals surface area contributed by atoms with Gasteiger partial charge in [0.15, 0.2) is 5.96 Å². The maximum atomic E-state index is 11.8. The average Bonchev–Trinajstić information content (AvgIpc) is 2.90. The van der Waals surface area contributed by atoms with Crippen LogP contribution < -0.4 is 10.6 Å². The van der Waals surface area contributed by atoms with Crippen molar-refractivity contribution in [1.82, 2.24) is 14.9 Å². The SMILES string of the molecule is CN=C(NCCN1CCCS1(=O)=O)NCC(C)(C)c1ccccc1.I. The molecule has 1 heterocycles. The molecule has 0 unspecified atom stereocenters. The number of hydrogen-bond donors (Lipinski definition) is 2. The first-order valence-corrected chi connectivity index (χ1v) is 9.94. The molecule has 25 heavy (non-hydrogen) atoms. The van der Waals surface area contributed by atoms with Crippen LogP contribution in [0.15, 0.2) is 35.3 Å². The van der Waals surface area contributed by atoms with Gasteiger partial charge in [0.2, 0.25) is 10.0 Å². The lowest BCUT2D eigenvalue weighted by Crippen LogP contribution is -2.45. The largest absolute Gasteiger partial charge is 0.356 e. The lowest BCUT2D eigenvalue weighted by Gasteiger charge is -2.27. The van der Waals surface area contributed by atoms with Crippen LogP contribution >= 0.6 is 24.0 Å². The van der Waals surface area contributed by atoms with Gasteiger partial charge in [-0.1, -0.05) is 44.2 Å². The number of rotatable bonds is 6. The van der Waals surface area contributed by atoms with Crippen LogP contribution in [0.4, 0.5) is 0 Å². The van der Waals surface area contributed by atoms with Crippen molar-refractivity contribution in [2.24, 2.45) is 4.99 Å². The zero-order chi connectivity index (χ0) is 17.6. The maximum absolute atomic E-state index is 11.8. The first kappa shape index (κ1) is 22.2. The monoisotopic (exact) mass is 480 g/mol. The average molecular weight is 480 g/mol. The van der Waals surface area contributed by atoms with E-state index >= 15 is 0 Å². The van der Waals surface area contributed by atoms with Crippen molar-refractivity contribution in [2.75, 3.05) is 39.0 Å². The second-order valence-electron chi connectivity index (χ2n) is 6.67. The van der Waals surface area contributed by atoms with Crippen molar-refractivity contribution < 1.29 is 8.42 Å². The maximum Gasteiger partial charge on any atom is 0.214 e. The molecule has 6 nitrogen and oxygen atoms in total. The summed E-state index contributed by atoms with van der Waals surface area (Å²) in [6.45, 7) is 6.74. The van der Waals surface area contributed by atoms with Gasteiger partial charge in [0.05, 0.1) is 5.75 Å². The number of hydrogen-bond acceptors (Lipinski definition) is 3. The molecule has 0 atom stereocenters. The molecule has 1 aromatic rings. The van der Waals surface area contributed by atoms with Crippen LogP contribution in [0.25, 0.3) is 0 Å². The Bertz CT molecular complexity index is 662. The summed E-state index contributed by atoms with van der Waals surface area (Å²) in [5.74, 6) is 0.959. The molecular formula is C17H29IN4O2S. The Morgan fingerprint density at radius 3 is 2.48 bits per heavy atom. The summed E-state index contributed by atoms with van der Waals surface area (Å²) in [4.78, 5) is 4.21. The molecule has 0 amide bonds. The predicted octanol–water partition coefficient (Wildman–Crippen LogP) is 1.78. The minimum Gasteiger partial charge on any atom is -0.356 e. The highest BCUT2D eigenvalue weighted by molar-refractivity contribution is 14.0. The van der Waals surface area contributed by atoms with Crippen LogP contribution in [0.1, 0.15) is 25.8 Å². The fraction of sp³-hybridized carbons (Fsp3) is 0.588. The van der Waals surface area contributed by atoms with Crippen molar-refractivity contribution in [1.29, 1.82) is 0 Å². The van der Waals surface area contributed by atoms with Crippen LogP contribution in [0.5, 0.6) is 0 Å². The number of halogens is 1. The summed E-state index contributed by atoms with van der Waals surface area (Å²) in [6, 6.07) is 10.3. The smallest absolute Gasteiger partial charge is 0.214 e. The first-order valence-electron chi connectivity index (χ1n) is 8.33. The Hall–Kier alpha value is -0.870. The molecule has 0 aromatic heterocycles. The van der Waals surface area contributed by atoms with Crippen molar-refractivity contribution in [3.8, 4) is 0 Å².